The van der Waals surface area contributed by atoms with E-state index < -0.39 is 41.0 Å². The zero-order chi connectivity index (χ0) is 33.9. The maximum atomic E-state index is 13.4. The first-order valence-corrected chi connectivity index (χ1v) is 15.3. The van der Waals surface area contributed by atoms with E-state index >= 15 is 0 Å². The molecule has 2 aliphatic heterocycles. The molecule has 1 aromatic heterocycles. The molecule has 10 nitrogen and oxygen atoms in total. The van der Waals surface area contributed by atoms with Crippen molar-refractivity contribution in [2.75, 3.05) is 0 Å². The molecular weight excluding hydrogens is 590 g/mol. The lowest BCUT2D eigenvalue weighted by Gasteiger charge is -2.31. The highest BCUT2D eigenvalue weighted by Crippen LogP contribution is 2.35. The number of carbonyl (C=O) groups is 3. The van der Waals surface area contributed by atoms with Gasteiger partial charge in [0.1, 0.15) is 22.6 Å². The molecule has 244 valence electrons. The number of carbonyl (C=O) groups excluding carboxylic acids is 3. The summed E-state index contributed by atoms with van der Waals surface area (Å²) in [6, 6.07) is 1.05. The summed E-state index contributed by atoms with van der Waals surface area (Å²) in [7, 11) is 0. The maximum Gasteiger partial charge on any atom is 0.334 e. The SMILES string of the molecule is C=CC1CC=COc2oc3c(c2O)=c2c(O)cc(c(O)c2C(=O)C=3C)=NC(=O)/C(C)=C\C=CC(C)CC(C)CC(C)C1OC(C)=O. The van der Waals surface area contributed by atoms with E-state index in [2.05, 4.69) is 25.4 Å². The second-order valence-corrected chi connectivity index (χ2v) is 12.3. The van der Waals surface area contributed by atoms with Gasteiger partial charge in [0.05, 0.1) is 17.0 Å². The van der Waals surface area contributed by atoms with Gasteiger partial charge in [-0.15, -0.1) is 6.58 Å². The number of aromatic hydroxyl groups is 3. The van der Waals surface area contributed by atoms with Gasteiger partial charge in [0.2, 0.25) is 5.75 Å². The van der Waals surface area contributed by atoms with Gasteiger partial charge < -0.3 is 29.2 Å². The Labute approximate surface area is 267 Å². The minimum Gasteiger partial charge on any atom is -0.507 e. The fourth-order valence-electron chi connectivity index (χ4n) is 6.21. The molecule has 1 amide bonds. The fraction of sp³-hybridized carbons (Fsp3) is 0.389. The van der Waals surface area contributed by atoms with Crippen LogP contribution in [-0.4, -0.2) is 39.1 Å². The molecule has 3 N–H and O–H groups in total. The van der Waals surface area contributed by atoms with Crippen LogP contribution >= 0.6 is 0 Å². The number of rotatable bonds is 2. The summed E-state index contributed by atoms with van der Waals surface area (Å²) < 4.78 is 17.1. The van der Waals surface area contributed by atoms with Crippen LogP contribution in [0.1, 0.15) is 71.2 Å². The molecule has 0 saturated heterocycles. The van der Waals surface area contributed by atoms with Gasteiger partial charge in [-0.1, -0.05) is 45.1 Å². The fourth-order valence-corrected chi connectivity index (χ4v) is 6.21. The summed E-state index contributed by atoms with van der Waals surface area (Å²) in [6.07, 6.45) is 11.7. The molecule has 3 aliphatic rings. The van der Waals surface area contributed by atoms with Crippen LogP contribution in [0.25, 0.3) is 5.57 Å². The lowest BCUT2D eigenvalue weighted by molar-refractivity contribution is -0.151. The van der Waals surface area contributed by atoms with Crippen LogP contribution in [-0.2, 0) is 14.3 Å². The van der Waals surface area contributed by atoms with Gasteiger partial charge in [0.25, 0.3) is 5.91 Å². The number of phenolic OH excluding ortho intramolecular Hbond substituents is 2. The standard InChI is InChI=1S/C36H41NO9/c1-8-24-13-10-14-44-36-32(42)29-27-26(39)17-25(31(41)28(27)30(40)22(6)34(29)46-36)37-35(43)20(4)12-9-11-18(2)15-19(3)16-21(5)33(24)45-23(7)38/h8-12,14,17-19,21,24,33,39,41-42H,1,13,15-16H2,2-7H3/b11-9?,14-10?,20-12-,37-25?. The number of hydrogen-bond donors (Lipinski definition) is 3. The number of furan rings is 1. The van der Waals surface area contributed by atoms with Crippen molar-refractivity contribution in [2.45, 2.75) is 66.9 Å². The number of allylic oxidation sites excluding steroid dienone is 4. The van der Waals surface area contributed by atoms with Crippen molar-refractivity contribution in [1.29, 1.82) is 0 Å². The topological polar surface area (TPSA) is 156 Å². The Morgan fingerprint density at radius 1 is 1.09 bits per heavy atom. The third-order valence-corrected chi connectivity index (χ3v) is 8.43. The number of nitrogens with zero attached hydrogens (tertiary/aromatic N) is 1. The van der Waals surface area contributed by atoms with Crippen LogP contribution in [0.15, 0.2) is 64.3 Å². The maximum absolute atomic E-state index is 13.4. The van der Waals surface area contributed by atoms with Crippen LogP contribution in [0.3, 0.4) is 0 Å². The summed E-state index contributed by atoms with van der Waals surface area (Å²) in [5.74, 6) is -3.45. The zero-order valence-electron chi connectivity index (χ0n) is 27.0. The normalized spacial score (nSPS) is 25.3. The smallest absolute Gasteiger partial charge is 0.334 e. The van der Waals surface area contributed by atoms with Crippen molar-refractivity contribution in [1.82, 2.24) is 0 Å². The number of ether oxygens (including phenoxy) is 2. The third-order valence-electron chi connectivity index (χ3n) is 8.43. The number of Topliss-reactive ketones (excluding diaryl/α,β-unsaturated/α-hetero) is 1. The van der Waals surface area contributed by atoms with Gasteiger partial charge in [-0.25, -0.2) is 4.99 Å². The van der Waals surface area contributed by atoms with Crippen molar-refractivity contribution in [3.8, 4) is 23.2 Å². The lowest BCUT2D eigenvalue weighted by Crippen LogP contribution is -2.32. The summed E-state index contributed by atoms with van der Waals surface area (Å²) >= 11 is 0. The van der Waals surface area contributed by atoms with E-state index in [1.807, 2.05) is 13.0 Å². The highest BCUT2D eigenvalue weighted by atomic mass is 16.6. The first-order chi connectivity index (χ1) is 21.7. The van der Waals surface area contributed by atoms with Gasteiger partial charge in [-0.05, 0) is 56.9 Å². The second kappa shape index (κ2) is 14.1. The number of esters is 1. The van der Waals surface area contributed by atoms with Gasteiger partial charge in [0.15, 0.2) is 11.5 Å². The number of phenols is 2. The number of hydrogen-bond acceptors (Lipinski definition) is 9. The quantitative estimate of drug-likeness (QED) is 0.224. The monoisotopic (exact) mass is 631 g/mol. The van der Waals surface area contributed by atoms with Crippen molar-refractivity contribution in [2.24, 2.45) is 28.7 Å². The van der Waals surface area contributed by atoms with Crippen LogP contribution in [0.2, 0.25) is 0 Å². The van der Waals surface area contributed by atoms with E-state index in [0.29, 0.717) is 12.3 Å². The minimum atomic E-state index is -0.681. The van der Waals surface area contributed by atoms with Crippen LogP contribution in [0.4, 0.5) is 0 Å². The predicted octanol–water partition coefficient (Wildman–Crippen LogP) is 5.42. The average molecular weight is 632 g/mol. The Morgan fingerprint density at radius 3 is 2.48 bits per heavy atom. The third kappa shape index (κ3) is 7.01. The van der Waals surface area contributed by atoms with Crippen LogP contribution < -0.4 is 15.5 Å². The first-order valence-electron chi connectivity index (χ1n) is 15.3. The van der Waals surface area contributed by atoms with Gasteiger partial charge in [0, 0.05) is 35.3 Å². The molecule has 1 aliphatic carbocycles. The van der Waals surface area contributed by atoms with Crippen LogP contribution in [0, 0.1) is 34.1 Å². The van der Waals surface area contributed by atoms with Gasteiger partial charge >= 0.3 is 11.9 Å². The Kier molecular flexibility index (Phi) is 10.4. The van der Waals surface area contributed by atoms with Crippen LogP contribution in [0.5, 0.6) is 23.2 Å². The van der Waals surface area contributed by atoms with Gasteiger partial charge in [-0.2, -0.15) is 0 Å². The lowest BCUT2D eigenvalue weighted by atomic mass is 9.82. The molecule has 5 bridgehead atoms. The van der Waals surface area contributed by atoms with E-state index in [1.165, 1.54) is 20.1 Å². The van der Waals surface area contributed by atoms with Gasteiger partial charge in [-0.3, -0.25) is 14.4 Å². The molecule has 2 aromatic rings. The number of amides is 1. The molecule has 10 heteroatoms. The second-order valence-electron chi connectivity index (χ2n) is 12.3. The largest absolute Gasteiger partial charge is 0.507 e. The van der Waals surface area contributed by atoms with E-state index in [1.54, 1.807) is 31.2 Å². The van der Waals surface area contributed by atoms with E-state index in [4.69, 9.17) is 13.9 Å². The van der Waals surface area contributed by atoms with E-state index in [-0.39, 0.29) is 61.6 Å². The molecule has 5 rings (SSSR count). The number of benzene rings is 1. The highest BCUT2D eigenvalue weighted by Gasteiger charge is 2.30. The first kappa shape index (κ1) is 34.0. The summed E-state index contributed by atoms with van der Waals surface area (Å²) in [5, 5.41) is 32.7. The highest BCUT2D eigenvalue weighted by molar-refractivity contribution is 6.25. The van der Waals surface area contributed by atoms with Crippen molar-refractivity contribution in [3.05, 3.63) is 81.6 Å². The Morgan fingerprint density at radius 2 is 1.80 bits per heavy atom. The van der Waals surface area contributed by atoms with Crippen molar-refractivity contribution in [3.63, 3.8) is 0 Å². The molecule has 0 fully saturated rings. The summed E-state index contributed by atoms with van der Waals surface area (Å²) in [5.41, 5.74) is -0.0569. The average Bonchev–Trinajstić information content (AvgIpc) is 3.31. The molecule has 5 unspecified atom stereocenters. The molecule has 0 spiro atoms. The number of ketones is 1. The summed E-state index contributed by atoms with van der Waals surface area (Å²) in [4.78, 5) is 42.3. The molecule has 5 atom stereocenters. The molecule has 0 saturated carbocycles. The predicted molar refractivity (Wildman–Crippen MR) is 170 cm³/mol. The van der Waals surface area contributed by atoms with Crippen molar-refractivity contribution < 1.29 is 43.6 Å². The zero-order valence-corrected chi connectivity index (χ0v) is 27.0. The Hall–Kier alpha value is -4.86. The molecular formula is C36H41NO9. The minimum absolute atomic E-state index is 0.0144. The van der Waals surface area contributed by atoms with Crippen molar-refractivity contribution >= 4 is 23.2 Å². The Balaban J connectivity index is 1.89. The summed E-state index contributed by atoms with van der Waals surface area (Å²) in [6.45, 7) is 14.6. The van der Waals surface area contributed by atoms with E-state index in [9.17, 15) is 29.7 Å². The molecule has 0 radical (unpaired) electrons. The Bertz CT molecular complexity index is 1880. The number of fused-ring (bicyclic) bond motifs is 14. The molecule has 3 heterocycles. The van der Waals surface area contributed by atoms with E-state index in [0.717, 1.165) is 18.9 Å². The molecule has 46 heavy (non-hydrogen) atoms. The molecule has 1 aromatic carbocycles.